The van der Waals surface area contributed by atoms with Gasteiger partial charge in [0.05, 0.1) is 6.42 Å². The molecule has 0 bridgehead atoms. The monoisotopic (exact) mass is 319 g/mol. The maximum atomic E-state index is 12.3. The summed E-state index contributed by atoms with van der Waals surface area (Å²) < 4.78 is 0. The lowest BCUT2D eigenvalue weighted by atomic mass is 10.1. The van der Waals surface area contributed by atoms with Crippen LogP contribution in [-0.4, -0.2) is 25.8 Å². The number of carbonyl (C=O) groups excluding carboxylic acids is 1. The minimum atomic E-state index is -0.165. The first-order chi connectivity index (χ1) is 11.6. The molecule has 0 radical (unpaired) electrons. The Balaban J connectivity index is 1.79. The number of nitrogens with zero attached hydrogens (tertiary/aromatic N) is 4. The Morgan fingerprint density at radius 3 is 2.54 bits per heavy atom. The first kappa shape index (κ1) is 15.7. The summed E-state index contributed by atoms with van der Waals surface area (Å²) in [5.74, 6) is 1.04. The molecule has 0 spiro atoms. The molecule has 1 amide bonds. The molecule has 3 aromatic rings. The highest BCUT2D eigenvalue weighted by Crippen LogP contribution is 2.14. The van der Waals surface area contributed by atoms with Gasteiger partial charge in [-0.1, -0.05) is 30.3 Å². The zero-order valence-corrected chi connectivity index (χ0v) is 13.5. The molecule has 0 aliphatic carbocycles. The molecular weight excluding hydrogens is 302 g/mol. The first-order valence-electron chi connectivity index (χ1n) is 7.60. The van der Waals surface area contributed by atoms with E-state index in [1.165, 1.54) is 0 Å². The van der Waals surface area contributed by atoms with Crippen molar-refractivity contribution in [2.45, 2.75) is 20.3 Å². The van der Waals surface area contributed by atoms with E-state index in [2.05, 4.69) is 25.3 Å². The fraction of sp³-hybridized carbons (Fsp3) is 0.167. The molecular formula is C18H17N5O. The van der Waals surface area contributed by atoms with Crippen LogP contribution in [0.3, 0.4) is 0 Å². The Morgan fingerprint density at radius 1 is 1.00 bits per heavy atom. The summed E-state index contributed by atoms with van der Waals surface area (Å²) in [5, 5.41) is 2.74. The predicted octanol–water partition coefficient (Wildman–Crippen LogP) is 2.73. The van der Waals surface area contributed by atoms with Gasteiger partial charge in [-0.15, -0.1) is 0 Å². The fourth-order valence-corrected chi connectivity index (χ4v) is 2.30. The van der Waals surface area contributed by atoms with Gasteiger partial charge in [0.1, 0.15) is 11.5 Å². The molecule has 0 unspecified atom stereocenters. The number of anilines is 1. The van der Waals surface area contributed by atoms with E-state index >= 15 is 0 Å². The van der Waals surface area contributed by atoms with Gasteiger partial charge in [0.25, 0.3) is 0 Å². The van der Waals surface area contributed by atoms with Crippen molar-refractivity contribution in [1.82, 2.24) is 19.9 Å². The van der Waals surface area contributed by atoms with Gasteiger partial charge < -0.3 is 0 Å². The van der Waals surface area contributed by atoms with E-state index in [4.69, 9.17) is 0 Å². The second kappa shape index (κ2) is 6.95. The number of rotatable bonds is 4. The average Bonchev–Trinajstić information content (AvgIpc) is 2.57. The zero-order valence-electron chi connectivity index (χ0n) is 13.5. The first-order valence-corrected chi connectivity index (χ1v) is 7.60. The number of hydrogen-bond acceptors (Lipinski definition) is 5. The summed E-state index contributed by atoms with van der Waals surface area (Å²) in [6.07, 6.45) is 1.95. The standard InChI is InChI=1S/C18H17N5O/c1-12-7-3-4-8-14(12)11-16(24)22-18-21-13(2)20-17(23-18)15-9-5-6-10-19-15/h3-10H,11H2,1-2H3,(H,20,21,22,23,24). The molecule has 2 aromatic heterocycles. The van der Waals surface area contributed by atoms with E-state index in [9.17, 15) is 4.79 Å². The molecule has 0 aliphatic rings. The van der Waals surface area contributed by atoms with Gasteiger partial charge in [-0.25, -0.2) is 4.98 Å². The van der Waals surface area contributed by atoms with Crippen molar-refractivity contribution in [2.24, 2.45) is 0 Å². The molecule has 2 heterocycles. The molecule has 6 nitrogen and oxygen atoms in total. The molecule has 6 heteroatoms. The molecule has 1 aromatic carbocycles. The Bertz CT molecular complexity index is 864. The second-order valence-corrected chi connectivity index (χ2v) is 5.40. The van der Waals surface area contributed by atoms with Crippen molar-refractivity contribution >= 4 is 11.9 Å². The maximum Gasteiger partial charge on any atom is 0.233 e. The van der Waals surface area contributed by atoms with E-state index < -0.39 is 0 Å². The summed E-state index contributed by atoms with van der Waals surface area (Å²) in [6.45, 7) is 3.74. The summed E-state index contributed by atoms with van der Waals surface area (Å²) in [7, 11) is 0. The maximum absolute atomic E-state index is 12.3. The lowest BCUT2D eigenvalue weighted by molar-refractivity contribution is -0.115. The fourth-order valence-electron chi connectivity index (χ4n) is 2.30. The summed E-state index contributed by atoms with van der Waals surface area (Å²) in [5.41, 5.74) is 2.69. The highest BCUT2D eigenvalue weighted by molar-refractivity contribution is 5.90. The SMILES string of the molecule is Cc1nc(NC(=O)Cc2ccccc2C)nc(-c2ccccn2)n1. The largest absolute Gasteiger partial charge is 0.294 e. The molecule has 0 saturated carbocycles. The van der Waals surface area contributed by atoms with Crippen molar-refractivity contribution in [1.29, 1.82) is 0 Å². The third-order valence-electron chi connectivity index (χ3n) is 3.50. The second-order valence-electron chi connectivity index (χ2n) is 5.40. The Kier molecular flexibility index (Phi) is 4.56. The van der Waals surface area contributed by atoms with Crippen LogP contribution in [-0.2, 0) is 11.2 Å². The average molecular weight is 319 g/mol. The minimum Gasteiger partial charge on any atom is -0.294 e. The van der Waals surface area contributed by atoms with E-state index in [0.29, 0.717) is 17.3 Å². The molecule has 1 N–H and O–H groups in total. The van der Waals surface area contributed by atoms with E-state index in [1.807, 2.05) is 49.4 Å². The van der Waals surface area contributed by atoms with Crippen LogP contribution in [0.5, 0.6) is 0 Å². The Labute approximate surface area is 140 Å². The third kappa shape index (κ3) is 3.78. The van der Waals surface area contributed by atoms with Crippen molar-refractivity contribution < 1.29 is 4.79 Å². The molecule has 24 heavy (non-hydrogen) atoms. The van der Waals surface area contributed by atoms with Gasteiger partial charge in [0.15, 0.2) is 5.82 Å². The molecule has 0 fully saturated rings. The molecule has 0 aliphatic heterocycles. The van der Waals surface area contributed by atoms with Crippen LogP contribution < -0.4 is 5.32 Å². The van der Waals surface area contributed by atoms with Crippen LogP contribution in [0.15, 0.2) is 48.7 Å². The molecule has 0 saturated heterocycles. The van der Waals surface area contributed by atoms with Crippen LogP contribution in [0.2, 0.25) is 0 Å². The lowest BCUT2D eigenvalue weighted by Crippen LogP contribution is -2.18. The predicted molar refractivity (Wildman–Crippen MR) is 91.3 cm³/mol. The smallest absolute Gasteiger partial charge is 0.233 e. The summed E-state index contributed by atoms with van der Waals surface area (Å²) in [6, 6.07) is 13.3. The van der Waals surface area contributed by atoms with Crippen LogP contribution in [0.1, 0.15) is 17.0 Å². The number of carbonyl (C=O) groups is 1. The highest BCUT2D eigenvalue weighted by atomic mass is 16.1. The number of hydrogen-bond donors (Lipinski definition) is 1. The van der Waals surface area contributed by atoms with Gasteiger partial charge in [0.2, 0.25) is 11.9 Å². The van der Waals surface area contributed by atoms with Crippen molar-refractivity contribution in [3.8, 4) is 11.5 Å². The number of aryl methyl sites for hydroxylation is 2. The van der Waals surface area contributed by atoms with Crippen LogP contribution >= 0.6 is 0 Å². The Hall–Kier alpha value is -3.15. The summed E-state index contributed by atoms with van der Waals surface area (Å²) in [4.78, 5) is 29.2. The molecule has 3 rings (SSSR count). The van der Waals surface area contributed by atoms with Gasteiger partial charge >= 0.3 is 0 Å². The van der Waals surface area contributed by atoms with E-state index in [0.717, 1.165) is 11.1 Å². The van der Waals surface area contributed by atoms with Gasteiger partial charge in [-0.05, 0) is 37.1 Å². The van der Waals surface area contributed by atoms with Gasteiger partial charge in [0, 0.05) is 6.20 Å². The number of benzene rings is 1. The normalized spacial score (nSPS) is 10.4. The topological polar surface area (TPSA) is 80.7 Å². The van der Waals surface area contributed by atoms with Crippen molar-refractivity contribution in [3.05, 3.63) is 65.6 Å². The lowest BCUT2D eigenvalue weighted by Gasteiger charge is -2.08. The van der Waals surface area contributed by atoms with E-state index in [-0.39, 0.29) is 18.3 Å². The Morgan fingerprint density at radius 2 is 1.79 bits per heavy atom. The summed E-state index contributed by atoms with van der Waals surface area (Å²) >= 11 is 0. The quantitative estimate of drug-likeness (QED) is 0.799. The van der Waals surface area contributed by atoms with E-state index in [1.54, 1.807) is 13.1 Å². The third-order valence-corrected chi connectivity index (χ3v) is 3.50. The number of pyridine rings is 1. The van der Waals surface area contributed by atoms with Crippen LogP contribution in [0, 0.1) is 13.8 Å². The minimum absolute atomic E-state index is 0.165. The molecule has 0 atom stereocenters. The van der Waals surface area contributed by atoms with Crippen molar-refractivity contribution in [2.75, 3.05) is 5.32 Å². The van der Waals surface area contributed by atoms with Crippen molar-refractivity contribution in [3.63, 3.8) is 0 Å². The number of nitrogens with one attached hydrogen (secondary N) is 1. The highest BCUT2D eigenvalue weighted by Gasteiger charge is 2.11. The van der Waals surface area contributed by atoms with Crippen LogP contribution in [0.25, 0.3) is 11.5 Å². The zero-order chi connectivity index (χ0) is 16.9. The molecule has 120 valence electrons. The number of aromatic nitrogens is 4. The van der Waals surface area contributed by atoms with Gasteiger partial charge in [-0.2, -0.15) is 9.97 Å². The van der Waals surface area contributed by atoms with Crippen LogP contribution in [0.4, 0.5) is 5.95 Å². The van der Waals surface area contributed by atoms with Gasteiger partial charge in [-0.3, -0.25) is 15.1 Å². The number of amides is 1.